The van der Waals surface area contributed by atoms with Crippen molar-refractivity contribution in [3.05, 3.63) is 41.2 Å². The lowest BCUT2D eigenvalue weighted by Gasteiger charge is -2.17. The fourth-order valence-electron chi connectivity index (χ4n) is 2.34. The molecule has 0 aliphatic rings. The molecule has 120 valence electrons. The maximum atomic E-state index is 9.70. The van der Waals surface area contributed by atoms with Crippen LogP contribution in [-0.4, -0.2) is 36.7 Å². The highest BCUT2D eigenvalue weighted by atomic mass is 35.5. The van der Waals surface area contributed by atoms with Crippen LogP contribution in [0.1, 0.15) is 31.5 Å². The molecule has 0 amide bonds. The van der Waals surface area contributed by atoms with Gasteiger partial charge >= 0.3 is 0 Å². The average molecular weight is 333 g/mol. The summed E-state index contributed by atoms with van der Waals surface area (Å²) in [5.74, 6) is 0.454. The minimum Gasteiger partial charge on any atom is -0.394 e. The molecule has 8 heteroatoms. The highest BCUT2D eigenvalue weighted by molar-refractivity contribution is 6.28. The number of hydrogen-bond donors (Lipinski definition) is 2. The predicted molar refractivity (Wildman–Crippen MR) is 88.4 cm³/mol. The topological polar surface area (TPSA) is 88.8 Å². The molecule has 2 N–H and O–H groups in total. The molecule has 0 bridgehead atoms. The molecule has 0 spiro atoms. The summed E-state index contributed by atoms with van der Waals surface area (Å²) in [5, 5.41) is 21.2. The van der Waals surface area contributed by atoms with E-state index < -0.39 is 0 Å². The molecule has 2 heterocycles. The number of hydrogen-bond acceptors (Lipinski definition) is 6. The SMILES string of the molecule is CC(C)n1nnc2c(N[C@@H](CO)c3ccccc3)nc(Cl)nc21. The number of aromatic nitrogens is 5. The smallest absolute Gasteiger partial charge is 0.226 e. The van der Waals surface area contributed by atoms with Gasteiger partial charge in [-0.2, -0.15) is 9.97 Å². The van der Waals surface area contributed by atoms with Gasteiger partial charge in [-0.25, -0.2) is 4.68 Å². The average Bonchev–Trinajstić information content (AvgIpc) is 2.97. The molecule has 3 aromatic rings. The van der Waals surface area contributed by atoms with Crippen LogP contribution < -0.4 is 5.32 Å². The Hall–Kier alpha value is -2.25. The third-order valence-electron chi connectivity index (χ3n) is 3.48. The lowest BCUT2D eigenvalue weighted by atomic mass is 10.1. The van der Waals surface area contributed by atoms with Crippen molar-refractivity contribution in [2.75, 3.05) is 11.9 Å². The molecule has 1 aromatic carbocycles. The number of anilines is 1. The number of aliphatic hydroxyl groups is 1. The minimum atomic E-state index is -0.324. The van der Waals surface area contributed by atoms with Crippen LogP contribution in [0, 0.1) is 0 Å². The van der Waals surface area contributed by atoms with Crippen LogP contribution in [0.25, 0.3) is 11.2 Å². The predicted octanol–water partition coefficient (Wildman–Crippen LogP) is 2.60. The first-order chi connectivity index (χ1) is 11.1. The van der Waals surface area contributed by atoms with Gasteiger partial charge in [0.05, 0.1) is 18.7 Å². The molecular formula is C15H17ClN6O. The Bertz CT molecular complexity index is 804. The van der Waals surface area contributed by atoms with E-state index in [2.05, 4.69) is 25.6 Å². The van der Waals surface area contributed by atoms with Gasteiger partial charge in [0, 0.05) is 0 Å². The number of rotatable bonds is 5. The minimum absolute atomic E-state index is 0.0918. The van der Waals surface area contributed by atoms with Gasteiger partial charge in [0.15, 0.2) is 17.0 Å². The molecule has 1 atom stereocenters. The van der Waals surface area contributed by atoms with Crippen molar-refractivity contribution in [3.63, 3.8) is 0 Å². The van der Waals surface area contributed by atoms with E-state index in [0.29, 0.717) is 17.0 Å². The Labute approximate surface area is 138 Å². The molecule has 0 radical (unpaired) electrons. The molecule has 0 aliphatic carbocycles. The van der Waals surface area contributed by atoms with Crippen molar-refractivity contribution >= 4 is 28.6 Å². The van der Waals surface area contributed by atoms with Gasteiger partial charge in [-0.15, -0.1) is 5.10 Å². The van der Waals surface area contributed by atoms with E-state index >= 15 is 0 Å². The Balaban J connectivity index is 2.02. The van der Waals surface area contributed by atoms with Crippen molar-refractivity contribution in [3.8, 4) is 0 Å². The summed E-state index contributed by atoms with van der Waals surface area (Å²) in [4.78, 5) is 8.42. The summed E-state index contributed by atoms with van der Waals surface area (Å²) in [7, 11) is 0. The van der Waals surface area contributed by atoms with Crippen molar-refractivity contribution in [1.82, 2.24) is 25.0 Å². The monoisotopic (exact) mass is 332 g/mol. The van der Waals surface area contributed by atoms with Crippen LogP contribution >= 0.6 is 11.6 Å². The molecule has 0 fully saturated rings. The zero-order valence-electron chi connectivity index (χ0n) is 12.8. The Morgan fingerprint density at radius 2 is 1.96 bits per heavy atom. The number of fused-ring (bicyclic) bond motifs is 1. The molecule has 0 aliphatic heterocycles. The summed E-state index contributed by atoms with van der Waals surface area (Å²) < 4.78 is 1.69. The van der Waals surface area contributed by atoms with Gasteiger partial charge in [0.2, 0.25) is 5.28 Å². The molecule has 2 aromatic heterocycles. The lowest BCUT2D eigenvalue weighted by Crippen LogP contribution is -2.16. The first-order valence-corrected chi connectivity index (χ1v) is 7.68. The molecule has 3 rings (SSSR count). The molecule has 23 heavy (non-hydrogen) atoms. The van der Waals surface area contributed by atoms with Gasteiger partial charge in [-0.1, -0.05) is 35.5 Å². The largest absolute Gasteiger partial charge is 0.394 e. The second kappa shape index (κ2) is 6.47. The number of aliphatic hydroxyl groups excluding tert-OH is 1. The zero-order chi connectivity index (χ0) is 16.4. The van der Waals surface area contributed by atoms with E-state index in [4.69, 9.17) is 11.6 Å². The van der Waals surface area contributed by atoms with Crippen LogP contribution in [0.5, 0.6) is 0 Å². The maximum absolute atomic E-state index is 9.70. The van der Waals surface area contributed by atoms with Gasteiger partial charge < -0.3 is 10.4 Å². The van der Waals surface area contributed by atoms with Crippen molar-refractivity contribution in [2.45, 2.75) is 25.9 Å². The Kier molecular flexibility index (Phi) is 4.40. The van der Waals surface area contributed by atoms with E-state index in [1.165, 1.54) is 0 Å². The van der Waals surface area contributed by atoms with E-state index in [-0.39, 0.29) is 24.0 Å². The van der Waals surface area contributed by atoms with Crippen molar-refractivity contribution in [1.29, 1.82) is 0 Å². The first-order valence-electron chi connectivity index (χ1n) is 7.31. The molecule has 0 saturated heterocycles. The number of halogens is 1. The van der Waals surface area contributed by atoms with Crippen LogP contribution in [-0.2, 0) is 0 Å². The summed E-state index contributed by atoms with van der Waals surface area (Å²) in [6.45, 7) is 3.88. The van der Waals surface area contributed by atoms with E-state index in [1.54, 1.807) is 4.68 Å². The molecule has 0 unspecified atom stereocenters. The molecular weight excluding hydrogens is 316 g/mol. The second-order valence-electron chi connectivity index (χ2n) is 5.43. The van der Waals surface area contributed by atoms with E-state index in [9.17, 15) is 5.11 Å². The van der Waals surface area contributed by atoms with Crippen LogP contribution in [0.4, 0.5) is 5.82 Å². The lowest BCUT2D eigenvalue weighted by molar-refractivity contribution is 0.276. The maximum Gasteiger partial charge on any atom is 0.226 e. The van der Waals surface area contributed by atoms with Gasteiger partial charge in [-0.3, -0.25) is 0 Å². The highest BCUT2D eigenvalue weighted by Gasteiger charge is 2.18. The normalized spacial score (nSPS) is 12.7. The Morgan fingerprint density at radius 3 is 2.61 bits per heavy atom. The van der Waals surface area contributed by atoms with Crippen LogP contribution in [0.15, 0.2) is 30.3 Å². The van der Waals surface area contributed by atoms with E-state index in [1.807, 2.05) is 44.2 Å². The fourth-order valence-corrected chi connectivity index (χ4v) is 2.50. The third kappa shape index (κ3) is 3.11. The zero-order valence-corrected chi connectivity index (χ0v) is 13.6. The van der Waals surface area contributed by atoms with Crippen molar-refractivity contribution < 1.29 is 5.11 Å². The van der Waals surface area contributed by atoms with E-state index in [0.717, 1.165) is 5.56 Å². The first kappa shape index (κ1) is 15.6. The fraction of sp³-hybridized carbons (Fsp3) is 0.333. The summed E-state index contributed by atoms with van der Waals surface area (Å²) >= 11 is 6.04. The van der Waals surface area contributed by atoms with Crippen molar-refractivity contribution in [2.24, 2.45) is 0 Å². The van der Waals surface area contributed by atoms with Crippen LogP contribution in [0.2, 0.25) is 5.28 Å². The number of benzene rings is 1. The summed E-state index contributed by atoms with van der Waals surface area (Å²) in [6, 6.07) is 9.38. The third-order valence-corrected chi connectivity index (χ3v) is 3.65. The summed E-state index contributed by atoms with van der Waals surface area (Å²) in [6.07, 6.45) is 0. The van der Waals surface area contributed by atoms with Gasteiger partial charge in [0.25, 0.3) is 0 Å². The van der Waals surface area contributed by atoms with Gasteiger partial charge in [0.1, 0.15) is 0 Å². The number of nitrogens with zero attached hydrogens (tertiary/aromatic N) is 5. The standard InChI is InChI=1S/C15H17ClN6O/c1-9(2)22-14-12(20-21-22)13(18-15(16)19-14)17-11(8-23)10-6-4-3-5-7-10/h3-7,9,11,23H,8H2,1-2H3,(H,17,18,19)/t11-/m0/s1. The molecule has 7 nitrogen and oxygen atoms in total. The quantitative estimate of drug-likeness (QED) is 0.698. The Morgan fingerprint density at radius 1 is 1.22 bits per heavy atom. The number of nitrogens with one attached hydrogen (secondary N) is 1. The van der Waals surface area contributed by atoms with Crippen LogP contribution in [0.3, 0.4) is 0 Å². The summed E-state index contributed by atoms with van der Waals surface area (Å²) in [5.41, 5.74) is 2.03. The van der Waals surface area contributed by atoms with Gasteiger partial charge in [-0.05, 0) is 31.0 Å². The highest BCUT2D eigenvalue weighted by Crippen LogP contribution is 2.25. The second-order valence-corrected chi connectivity index (χ2v) is 5.77. The molecule has 0 saturated carbocycles.